The average molecular weight is 393 g/mol. The Labute approximate surface area is 159 Å². The summed E-state index contributed by atoms with van der Waals surface area (Å²) < 4.78 is 27.5. The van der Waals surface area contributed by atoms with Crippen LogP contribution in [0.25, 0.3) is 0 Å². The van der Waals surface area contributed by atoms with E-state index in [-0.39, 0.29) is 23.9 Å². The van der Waals surface area contributed by atoms with Gasteiger partial charge in [-0.05, 0) is 36.6 Å². The van der Waals surface area contributed by atoms with Crippen LogP contribution in [0.15, 0.2) is 59.5 Å². The van der Waals surface area contributed by atoms with Crippen LogP contribution in [0, 0.1) is 0 Å². The minimum Gasteiger partial charge on any atom is -0.342 e. The highest BCUT2D eigenvalue weighted by molar-refractivity contribution is 7.89. The van der Waals surface area contributed by atoms with E-state index in [1.54, 1.807) is 17.0 Å². The van der Waals surface area contributed by atoms with Gasteiger partial charge in [0.05, 0.1) is 11.4 Å². The molecule has 1 aliphatic heterocycles. The van der Waals surface area contributed by atoms with E-state index in [2.05, 4.69) is 0 Å². The maximum atomic E-state index is 13.1. The Morgan fingerprint density at radius 3 is 2.38 bits per heavy atom. The van der Waals surface area contributed by atoms with Crippen molar-refractivity contribution in [3.8, 4) is 0 Å². The second-order valence-corrected chi connectivity index (χ2v) is 8.68. The Hall–Kier alpha value is -1.89. The van der Waals surface area contributed by atoms with E-state index in [1.807, 2.05) is 30.3 Å². The van der Waals surface area contributed by atoms with Gasteiger partial charge in [0.15, 0.2) is 0 Å². The smallest absolute Gasteiger partial charge is 0.243 e. The van der Waals surface area contributed by atoms with Gasteiger partial charge in [-0.2, -0.15) is 4.31 Å². The molecule has 0 aliphatic carbocycles. The number of likely N-dealkylation sites (tertiary alicyclic amines) is 1. The molecule has 2 aromatic rings. The van der Waals surface area contributed by atoms with Gasteiger partial charge in [0.2, 0.25) is 15.9 Å². The van der Waals surface area contributed by atoms with Gasteiger partial charge in [-0.1, -0.05) is 48.0 Å². The van der Waals surface area contributed by atoms with Crippen molar-refractivity contribution in [3.63, 3.8) is 0 Å². The number of benzene rings is 2. The molecule has 0 unspecified atom stereocenters. The monoisotopic (exact) mass is 392 g/mol. The topological polar surface area (TPSA) is 57.7 Å². The van der Waals surface area contributed by atoms with E-state index >= 15 is 0 Å². The number of sulfonamides is 1. The summed E-state index contributed by atoms with van der Waals surface area (Å²) in [5, 5.41) is 0.344. The first-order chi connectivity index (χ1) is 12.5. The van der Waals surface area contributed by atoms with E-state index in [0.717, 1.165) is 18.4 Å². The molecule has 3 rings (SSSR count). The zero-order chi connectivity index (χ0) is 18.6. The lowest BCUT2D eigenvalue weighted by molar-refractivity contribution is -0.130. The van der Waals surface area contributed by atoms with Crippen LogP contribution in [0.1, 0.15) is 18.4 Å². The number of rotatable bonds is 6. The molecule has 0 aromatic heterocycles. The van der Waals surface area contributed by atoms with Gasteiger partial charge in [0, 0.05) is 24.7 Å². The fourth-order valence-electron chi connectivity index (χ4n) is 3.01. The Morgan fingerprint density at radius 1 is 1.04 bits per heavy atom. The highest BCUT2D eigenvalue weighted by atomic mass is 35.5. The highest BCUT2D eigenvalue weighted by Crippen LogP contribution is 2.22. The Morgan fingerprint density at radius 2 is 1.73 bits per heavy atom. The molecule has 0 saturated carbocycles. The summed E-state index contributed by atoms with van der Waals surface area (Å²) in [7, 11) is -3.84. The molecule has 1 aliphatic rings. The minimum atomic E-state index is -3.84. The number of amides is 1. The van der Waals surface area contributed by atoms with Gasteiger partial charge in [0.1, 0.15) is 0 Å². The van der Waals surface area contributed by atoms with Crippen molar-refractivity contribution in [2.45, 2.75) is 24.3 Å². The van der Waals surface area contributed by atoms with Crippen LogP contribution in [-0.2, 0) is 21.4 Å². The predicted molar refractivity (Wildman–Crippen MR) is 101 cm³/mol. The number of halogens is 1. The Bertz CT molecular complexity index is 865. The quantitative estimate of drug-likeness (QED) is 0.758. The second-order valence-electron chi connectivity index (χ2n) is 6.30. The van der Waals surface area contributed by atoms with Crippen LogP contribution in [0.2, 0.25) is 5.02 Å². The van der Waals surface area contributed by atoms with Gasteiger partial charge in [-0.15, -0.1) is 0 Å². The third-order valence-corrected chi connectivity index (χ3v) is 6.43. The number of carbonyl (C=O) groups excluding carboxylic acids is 1. The molecular formula is C19H21ClN2O3S. The molecular weight excluding hydrogens is 372 g/mol. The third kappa shape index (κ3) is 4.44. The van der Waals surface area contributed by atoms with Crippen molar-refractivity contribution < 1.29 is 13.2 Å². The predicted octanol–water partition coefficient (Wildman–Crippen LogP) is 3.15. The standard InChI is InChI=1S/C19H21ClN2O3S/c20-17-9-6-10-18(13-17)26(24,25)22(14-16-7-2-1-3-8-16)15-19(23)21-11-4-5-12-21/h1-3,6-10,13H,4-5,11-12,14-15H2. The number of nitrogens with zero attached hydrogens (tertiary/aromatic N) is 2. The summed E-state index contributed by atoms with van der Waals surface area (Å²) in [4.78, 5) is 14.4. The van der Waals surface area contributed by atoms with Gasteiger partial charge in [-0.3, -0.25) is 4.79 Å². The second kappa shape index (κ2) is 8.20. The summed E-state index contributed by atoms with van der Waals surface area (Å²) >= 11 is 5.97. The van der Waals surface area contributed by atoms with E-state index in [1.165, 1.54) is 16.4 Å². The van der Waals surface area contributed by atoms with E-state index in [9.17, 15) is 13.2 Å². The molecule has 1 heterocycles. The van der Waals surface area contributed by atoms with Crippen molar-refractivity contribution in [1.29, 1.82) is 0 Å². The van der Waals surface area contributed by atoms with E-state index in [4.69, 9.17) is 11.6 Å². The molecule has 0 bridgehead atoms. The third-order valence-electron chi connectivity index (χ3n) is 4.41. The molecule has 0 spiro atoms. The van der Waals surface area contributed by atoms with Crippen LogP contribution < -0.4 is 0 Å². The van der Waals surface area contributed by atoms with Gasteiger partial charge >= 0.3 is 0 Å². The number of carbonyl (C=O) groups is 1. The van der Waals surface area contributed by atoms with Gasteiger partial charge < -0.3 is 4.90 Å². The molecule has 0 N–H and O–H groups in total. The van der Waals surface area contributed by atoms with Gasteiger partial charge in [-0.25, -0.2) is 8.42 Å². The molecule has 7 heteroatoms. The fraction of sp³-hybridized carbons (Fsp3) is 0.316. The van der Waals surface area contributed by atoms with E-state index in [0.29, 0.717) is 18.1 Å². The van der Waals surface area contributed by atoms with Crippen molar-refractivity contribution in [3.05, 3.63) is 65.2 Å². The first-order valence-corrected chi connectivity index (χ1v) is 10.4. The first-order valence-electron chi connectivity index (χ1n) is 8.54. The number of hydrogen-bond donors (Lipinski definition) is 0. The Kier molecular flexibility index (Phi) is 5.96. The Balaban J connectivity index is 1.89. The fourth-order valence-corrected chi connectivity index (χ4v) is 4.69. The lowest BCUT2D eigenvalue weighted by Gasteiger charge is -2.24. The maximum Gasteiger partial charge on any atom is 0.243 e. The van der Waals surface area contributed by atoms with Crippen molar-refractivity contribution >= 4 is 27.5 Å². The van der Waals surface area contributed by atoms with Crippen LogP contribution in [0.4, 0.5) is 0 Å². The minimum absolute atomic E-state index is 0.0927. The summed E-state index contributed by atoms with van der Waals surface area (Å²) in [5.74, 6) is -0.163. The lowest BCUT2D eigenvalue weighted by atomic mass is 10.2. The van der Waals surface area contributed by atoms with Crippen LogP contribution in [0.5, 0.6) is 0 Å². The summed E-state index contributed by atoms with van der Waals surface area (Å²) in [6.45, 7) is 1.34. The average Bonchev–Trinajstić information content (AvgIpc) is 3.17. The van der Waals surface area contributed by atoms with E-state index < -0.39 is 10.0 Å². The largest absolute Gasteiger partial charge is 0.342 e. The highest BCUT2D eigenvalue weighted by Gasteiger charge is 2.29. The van der Waals surface area contributed by atoms with Crippen molar-refractivity contribution in [2.75, 3.05) is 19.6 Å². The van der Waals surface area contributed by atoms with Gasteiger partial charge in [0.25, 0.3) is 0 Å². The van der Waals surface area contributed by atoms with Crippen LogP contribution >= 0.6 is 11.6 Å². The molecule has 2 aromatic carbocycles. The molecule has 1 fully saturated rings. The van der Waals surface area contributed by atoms with Crippen molar-refractivity contribution in [2.24, 2.45) is 0 Å². The zero-order valence-electron chi connectivity index (χ0n) is 14.3. The summed E-state index contributed by atoms with van der Waals surface area (Å²) in [6.07, 6.45) is 1.93. The maximum absolute atomic E-state index is 13.1. The van der Waals surface area contributed by atoms with Crippen molar-refractivity contribution in [1.82, 2.24) is 9.21 Å². The zero-order valence-corrected chi connectivity index (χ0v) is 15.9. The summed E-state index contributed by atoms with van der Waals surface area (Å²) in [5.41, 5.74) is 0.826. The normalized spacial score (nSPS) is 14.8. The molecule has 5 nitrogen and oxygen atoms in total. The molecule has 26 heavy (non-hydrogen) atoms. The summed E-state index contributed by atoms with van der Waals surface area (Å²) in [6, 6.07) is 15.4. The van der Waals surface area contributed by atoms with Crippen LogP contribution in [-0.4, -0.2) is 43.2 Å². The first kappa shape index (κ1) is 18.9. The molecule has 0 radical (unpaired) electrons. The van der Waals surface area contributed by atoms with Crippen LogP contribution in [0.3, 0.4) is 0 Å². The molecule has 0 atom stereocenters. The number of hydrogen-bond acceptors (Lipinski definition) is 3. The molecule has 138 valence electrons. The molecule has 1 amide bonds. The SMILES string of the molecule is O=C(CN(Cc1ccccc1)S(=O)(=O)c1cccc(Cl)c1)N1CCCC1. The molecule has 1 saturated heterocycles. The lowest BCUT2D eigenvalue weighted by Crippen LogP contribution is -2.41.